The predicted molar refractivity (Wildman–Crippen MR) is 36.9 cm³/mol. The summed E-state index contributed by atoms with van der Waals surface area (Å²) in [4.78, 5) is 0. The third kappa shape index (κ3) is 16.8. The van der Waals surface area contributed by atoms with Crippen LogP contribution in [0.25, 0.3) is 0 Å². The van der Waals surface area contributed by atoms with Crippen LogP contribution in [0, 0.1) is 0 Å². The lowest BCUT2D eigenvalue weighted by Gasteiger charge is -1.85. The summed E-state index contributed by atoms with van der Waals surface area (Å²) in [5, 5.41) is 16.2. The first kappa shape index (κ1) is 15.7. The quantitative estimate of drug-likeness (QED) is 0.549. The van der Waals surface area contributed by atoms with Crippen molar-refractivity contribution >= 4 is 0 Å². The lowest BCUT2D eigenvalue weighted by atomic mass is 10.3. The largest absolute Gasteiger partial charge is 0.396 e. The maximum atomic E-state index is 8.09. The van der Waals surface area contributed by atoms with Crippen LogP contribution < -0.4 is 0 Å². The van der Waals surface area contributed by atoms with Gasteiger partial charge in [0.1, 0.15) is 0 Å². The molecule has 0 aliphatic heterocycles. The Kier molecular flexibility index (Phi) is 30.9. The predicted octanol–water partition coefficient (Wildman–Crippen LogP) is 1.02. The highest BCUT2D eigenvalue weighted by atomic mass is 16.3. The summed E-state index contributed by atoms with van der Waals surface area (Å²) >= 11 is 0. The van der Waals surface area contributed by atoms with Gasteiger partial charge in [0.2, 0.25) is 0 Å². The topological polar surface area (TPSA) is 40.5 Å². The Morgan fingerprint density at radius 1 is 0.750 bits per heavy atom. The SMILES string of the molecule is C.C.OCCCCO. The van der Waals surface area contributed by atoms with Gasteiger partial charge in [0.25, 0.3) is 0 Å². The fraction of sp³-hybridized carbons (Fsp3) is 1.00. The molecule has 0 saturated carbocycles. The van der Waals surface area contributed by atoms with E-state index < -0.39 is 0 Å². The van der Waals surface area contributed by atoms with Crippen LogP contribution >= 0.6 is 0 Å². The van der Waals surface area contributed by atoms with E-state index in [9.17, 15) is 0 Å². The van der Waals surface area contributed by atoms with Crippen molar-refractivity contribution in [3.63, 3.8) is 0 Å². The van der Waals surface area contributed by atoms with Crippen LogP contribution in [0.15, 0.2) is 0 Å². The normalized spacial score (nSPS) is 6.75. The zero-order valence-electron chi connectivity index (χ0n) is 3.72. The molecule has 0 heterocycles. The Balaban J connectivity index is -0.000000125. The van der Waals surface area contributed by atoms with E-state index in [2.05, 4.69) is 0 Å². The van der Waals surface area contributed by atoms with Crippen LogP contribution in [0.4, 0.5) is 0 Å². The zero-order valence-corrected chi connectivity index (χ0v) is 3.72. The molecule has 0 aromatic rings. The van der Waals surface area contributed by atoms with Crippen molar-refractivity contribution in [3.8, 4) is 0 Å². The van der Waals surface area contributed by atoms with Gasteiger partial charge < -0.3 is 10.2 Å². The number of hydrogen-bond acceptors (Lipinski definition) is 2. The molecule has 0 unspecified atom stereocenters. The van der Waals surface area contributed by atoms with Gasteiger partial charge in [-0.05, 0) is 12.8 Å². The summed E-state index contributed by atoms with van der Waals surface area (Å²) in [6, 6.07) is 0. The molecule has 0 radical (unpaired) electrons. The van der Waals surface area contributed by atoms with E-state index in [0.29, 0.717) is 0 Å². The molecule has 54 valence electrons. The van der Waals surface area contributed by atoms with Gasteiger partial charge in [-0.3, -0.25) is 0 Å². The molecule has 2 N–H and O–H groups in total. The van der Waals surface area contributed by atoms with Crippen molar-refractivity contribution in [3.05, 3.63) is 0 Å². The highest BCUT2D eigenvalue weighted by Gasteiger charge is 1.77. The van der Waals surface area contributed by atoms with Gasteiger partial charge in [-0.2, -0.15) is 0 Å². The summed E-state index contributed by atoms with van der Waals surface area (Å²) in [6.45, 7) is 0.390. The summed E-state index contributed by atoms with van der Waals surface area (Å²) in [5.74, 6) is 0. The summed E-state index contributed by atoms with van der Waals surface area (Å²) in [6.07, 6.45) is 1.44. The fourth-order valence-corrected chi connectivity index (χ4v) is 0.224. The van der Waals surface area contributed by atoms with Gasteiger partial charge in [0.15, 0.2) is 0 Å². The van der Waals surface area contributed by atoms with Crippen molar-refractivity contribution in [2.75, 3.05) is 13.2 Å². The molecular formula is C6H18O2. The van der Waals surface area contributed by atoms with Crippen molar-refractivity contribution in [1.29, 1.82) is 0 Å². The summed E-state index contributed by atoms with van der Waals surface area (Å²) in [7, 11) is 0. The van der Waals surface area contributed by atoms with Gasteiger partial charge >= 0.3 is 0 Å². The van der Waals surface area contributed by atoms with Crippen LogP contribution in [0.1, 0.15) is 27.7 Å². The minimum atomic E-state index is 0. The van der Waals surface area contributed by atoms with Gasteiger partial charge in [-0.25, -0.2) is 0 Å². The van der Waals surface area contributed by atoms with Crippen molar-refractivity contribution < 1.29 is 10.2 Å². The molecule has 0 bridgehead atoms. The molecular weight excluding hydrogens is 104 g/mol. The maximum Gasteiger partial charge on any atom is 0.0431 e. The first-order valence-corrected chi connectivity index (χ1v) is 2.13. The lowest BCUT2D eigenvalue weighted by molar-refractivity contribution is 0.242. The molecule has 0 aromatic carbocycles. The molecule has 0 saturated heterocycles. The Morgan fingerprint density at radius 3 is 1.12 bits per heavy atom. The van der Waals surface area contributed by atoms with Crippen molar-refractivity contribution in [2.24, 2.45) is 0 Å². The molecule has 0 aliphatic rings. The Labute approximate surface area is 52.2 Å². The molecule has 0 amide bonds. The molecule has 2 nitrogen and oxygen atoms in total. The molecule has 0 atom stereocenters. The van der Waals surface area contributed by atoms with Crippen molar-refractivity contribution in [2.45, 2.75) is 27.7 Å². The van der Waals surface area contributed by atoms with Crippen LogP contribution in [-0.4, -0.2) is 23.4 Å². The Morgan fingerprint density at radius 2 is 1.00 bits per heavy atom. The van der Waals surface area contributed by atoms with Crippen LogP contribution in [0.3, 0.4) is 0 Å². The zero-order chi connectivity index (χ0) is 4.83. The average Bonchev–Trinajstić information content (AvgIpc) is 1.61. The third-order valence-corrected chi connectivity index (χ3v) is 0.566. The van der Waals surface area contributed by atoms with Crippen LogP contribution in [0.2, 0.25) is 0 Å². The summed E-state index contributed by atoms with van der Waals surface area (Å²) in [5.41, 5.74) is 0. The van der Waals surface area contributed by atoms with E-state index in [0.717, 1.165) is 12.8 Å². The highest BCUT2D eigenvalue weighted by Crippen LogP contribution is 1.80. The fourth-order valence-electron chi connectivity index (χ4n) is 0.224. The van der Waals surface area contributed by atoms with E-state index in [1.54, 1.807) is 0 Å². The molecule has 0 aromatic heterocycles. The minimum Gasteiger partial charge on any atom is -0.396 e. The smallest absolute Gasteiger partial charge is 0.0431 e. The lowest BCUT2D eigenvalue weighted by Crippen LogP contribution is -1.85. The minimum absolute atomic E-state index is 0. The second-order valence-corrected chi connectivity index (χ2v) is 1.15. The Bertz CT molecular complexity index is 18.5. The van der Waals surface area contributed by atoms with E-state index in [1.807, 2.05) is 0 Å². The highest BCUT2D eigenvalue weighted by molar-refractivity contribution is 4.30. The average molecular weight is 122 g/mol. The molecule has 0 rings (SSSR count). The Hall–Kier alpha value is -0.0800. The monoisotopic (exact) mass is 122 g/mol. The molecule has 0 fully saturated rings. The summed E-state index contributed by atoms with van der Waals surface area (Å²) < 4.78 is 0. The standard InChI is InChI=1S/C4H10O2.2CH4/c5-3-1-2-4-6;;/h5-6H,1-4H2;2*1H4. The second-order valence-electron chi connectivity index (χ2n) is 1.15. The maximum absolute atomic E-state index is 8.09. The van der Waals surface area contributed by atoms with Crippen LogP contribution in [-0.2, 0) is 0 Å². The van der Waals surface area contributed by atoms with Gasteiger partial charge in [0, 0.05) is 13.2 Å². The first-order chi connectivity index (χ1) is 2.91. The van der Waals surface area contributed by atoms with E-state index >= 15 is 0 Å². The van der Waals surface area contributed by atoms with Gasteiger partial charge in [-0.1, -0.05) is 14.9 Å². The number of aliphatic hydroxyl groups excluding tert-OH is 2. The number of rotatable bonds is 3. The van der Waals surface area contributed by atoms with Gasteiger partial charge in [-0.15, -0.1) is 0 Å². The molecule has 0 aliphatic carbocycles. The molecule has 2 heteroatoms. The van der Waals surface area contributed by atoms with E-state index in [4.69, 9.17) is 10.2 Å². The second kappa shape index (κ2) is 15.8. The third-order valence-electron chi connectivity index (χ3n) is 0.566. The van der Waals surface area contributed by atoms with E-state index in [1.165, 1.54) is 0 Å². The first-order valence-electron chi connectivity index (χ1n) is 2.13. The van der Waals surface area contributed by atoms with Crippen LogP contribution in [0.5, 0.6) is 0 Å². The number of aliphatic hydroxyl groups is 2. The van der Waals surface area contributed by atoms with Gasteiger partial charge in [0.05, 0.1) is 0 Å². The van der Waals surface area contributed by atoms with E-state index in [-0.39, 0.29) is 28.1 Å². The molecule has 8 heavy (non-hydrogen) atoms. The number of hydrogen-bond donors (Lipinski definition) is 2. The molecule has 0 spiro atoms. The van der Waals surface area contributed by atoms with Crippen molar-refractivity contribution in [1.82, 2.24) is 0 Å². The number of unbranched alkanes of at least 4 members (excludes halogenated alkanes) is 1.